The summed E-state index contributed by atoms with van der Waals surface area (Å²) < 4.78 is 0.796. The first-order valence-corrected chi connectivity index (χ1v) is 5.39. The standard InChI is InChI=1S/C10H10ClIO/c1-2-3-4-7-5-8(11)6-9(12)10(7)13/h2-3,5-6,13H,4H2,1H3/b3-2+. The van der Waals surface area contributed by atoms with E-state index in [0.29, 0.717) is 10.8 Å². The third-order valence-corrected chi connectivity index (χ3v) is 2.72. The van der Waals surface area contributed by atoms with Gasteiger partial charge in [-0.05, 0) is 48.1 Å². The molecule has 3 heteroatoms. The molecule has 1 aromatic carbocycles. The zero-order chi connectivity index (χ0) is 9.84. The predicted molar refractivity (Wildman–Crippen MR) is 64.4 cm³/mol. The van der Waals surface area contributed by atoms with Gasteiger partial charge in [0.15, 0.2) is 0 Å². The zero-order valence-electron chi connectivity index (χ0n) is 7.22. The van der Waals surface area contributed by atoms with Gasteiger partial charge in [0.2, 0.25) is 0 Å². The molecular weight excluding hydrogens is 298 g/mol. The number of phenolic OH excluding ortho intramolecular Hbond substituents is 1. The van der Waals surface area contributed by atoms with Crippen molar-refractivity contribution in [2.75, 3.05) is 0 Å². The zero-order valence-corrected chi connectivity index (χ0v) is 10.1. The van der Waals surface area contributed by atoms with Gasteiger partial charge in [-0.3, -0.25) is 0 Å². The second-order valence-electron chi connectivity index (χ2n) is 2.67. The largest absolute Gasteiger partial charge is 0.507 e. The van der Waals surface area contributed by atoms with Crippen LogP contribution >= 0.6 is 34.2 Å². The van der Waals surface area contributed by atoms with E-state index >= 15 is 0 Å². The Kier molecular flexibility index (Phi) is 4.06. The third kappa shape index (κ3) is 2.88. The van der Waals surface area contributed by atoms with E-state index in [-0.39, 0.29) is 0 Å². The molecule has 0 atom stereocenters. The molecular formula is C10H10ClIO. The van der Waals surface area contributed by atoms with Crippen LogP contribution in [0.5, 0.6) is 5.75 Å². The van der Waals surface area contributed by atoms with Crippen LogP contribution in [-0.4, -0.2) is 5.11 Å². The first-order valence-electron chi connectivity index (χ1n) is 3.93. The average Bonchev–Trinajstić information content (AvgIpc) is 2.09. The smallest absolute Gasteiger partial charge is 0.132 e. The molecule has 0 radical (unpaired) electrons. The van der Waals surface area contributed by atoms with E-state index in [2.05, 4.69) is 22.6 Å². The quantitative estimate of drug-likeness (QED) is 0.651. The van der Waals surface area contributed by atoms with Gasteiger partial charge in [0.05, 0.1) is 3.57 Å². The van der Waals surface area contributed by atoms with E-state index in [0.717, 1.165) is 15.6 Å². The summed E-state index contributed by atoms with van der Waals surface area (Å²) in [5.74, 6) is 0.336. The van der Waals surface area contributed by atoms with Crippen molar-refractivity contribution in [2.45, 2.75) is 13.3 Å². The molecule has 0 fully saturated rings. The fourth-order valence-corrected chi connectivity index (χ4v) is 2.13. The Morgan fingerprint density at radius 3 is 2.85 bits per heavy atom. The fraction of sp³-hybridized carbons (Fsp3) is 0.200. The monoisotopic (exact) mass is 308 g/mol. The number of halogens is 2. The lowest BCUT2D eigenvalue weighted by Gasteiger charge is -2.04. The van der Waals surface area contributed by atoms with Gasteiger partial charge in [-0.25, -0.2) is 0 Å². The van der Waals surface area contributed by atoms with Gasteiger partial charge in [-0.15, -0.1) is 0 Å². The molecule has 13 heavy (non-hydrogen) atoms. The highest BCUT2D eigenvalue weighted by atomic mass is 127. The molecule has 0 bridgehead atoms. The minimum Gasteiger partial charge on any atom is -0.507 e. The van der Waals surface area contributed by atoms with Crippen molar-refractivity contribution in [1.82, 2.24) is 0 Å². The van der Waals surface area contributed by atoms with Crippen LogP contribution in [0, 0.1) is 3.57 Å². The molecule has 1 N–H and O–H groups in total. The van der Waals surface area contributed by atoms with Crippen LogP contribution in [0.15, 0.2) is 24.3 Å². The number of hydrogen-bond acceptors (Lipinski definition) is 1. The molecule has 1 rings (SSSR count). The molecule has 0 heterocycles. The summed E-state index contributed by atoms with van der Waals surface area (Å²) in [5, 5.41) is 10.3. The van der Waals surface area contributed by atoms with Crippen molar-refractivity contribution < 1.29 is 5.11 Å². The molecule has 1 aromatic rings. The van der Waals surface area contributed by atoms with Crippen LogP contribution in [0.1, 0.15) is 12.5 Å². The highest BCUT2D eigenvalue weighted by Gasteiger charge is 2.05. The molecule has 0 aliphatic rings. The number of hydrogen-bond donors (Lipinski definition) is 1. The topological polar surface area (TPSA) is 20.2 Å². The number of benzene rings is 1. The summed E-state index contributed by atoms with van der Waals surface area (Å²) in [7, 11) is 0. The molecule has 0 amide bonds. The lowest BCUT2D eigenvalue weighted by molar-refractivity contribution is 0.466. The van der Waals surface area contributed by atoms with E-state index in [1.807, 2.05) is 19.1 Å². The molecule has 0 aromatic heterocycles. The maximum absolute atomic E-state index is 9.65. The number of rotatable bonds is 2. The maximum Gasteiger partial charge on any atom is 0.132 e. The molecule has 0 unspecified atom stereocenters. The number of aromatic hydroxyl groups is 1. The van der Waals surface area contributed by atoms with Crippen molar-refractivity contribution in [2.24, 2.45) is 0 Å². The first kappa shape index (κ1) is 10.9. The average molecular weight is 309 g/mol. The number of allylic oxidation sites excluding steroid dienone is 2. The summed E-state index contributed by atoms with van der Waals surface area (Å²) in [6.45, 7) is 1.95. The van der Waals surface area contributed by atoms with E-state index in [1.165, 1.54) is 0 Å². The highest BCUT2D eigenvalue weighted by Crippen LogP contribution is 2.28. The molecule has 0 aliphatic heterocycles. The Hall–Kier alpha value is -0.220. The van der Waals surface area contributed by atoms with E-state index < -0.39 is 0 Å². The van der Waals surface area contributed by atoms with Crippen LogP contribution in [0.3, 0.4) is 0 Å². The van der Waals surface area contributed by atoms with Crippen LogP contribution in [-0.2, 0) is 6.42 Å². The van der Waals surface area contributed by atoms with Crippen molar-refractivity contribution in [3.63, 3.8) is 0 Å². The Bertz CT molecular complexity index is 334. The maximum atomic E-state index is 9.65. The second-order valence-corrected chi connectivity index (χ2v) is 4.27. The minimum atomic E-state index is 0.336. The van der Waals surface area contributed by atoms with Gasteiger partial charge in [0, 0.05) is 10.6 Å². The van der Waals surface area contributed by atoms with Gasteiger partial charge in [-0.1, -0.05) is 23.8 Å². The molecule has 0 saturated carbocycles. The fourth-order valence-electron chi connectivity index (χ4n) is 1.02. The summed E-state index contributed by atoms with van der Waals surface area (Å²) in [6.07, 6.45) is 4.66. The minimum absolute atomic E-state index is 0.336. The van der Waals surface area contributed by atoms with Crippen LogP contribution < -0.4 is 0 Å². The van der Waals surface area contributed by atoms with Gasteiger partial charge >= 0.3 is 0 Å². The highest BCUT2D eigenvalue weighted by molar-refractivity contribution is 14.1. The van der Waals surface area contributed by atoms with Crippen LogP contribution in [0.2, 0.25) is 5.02 Å². The van der Waals surface area contributed by atoms with Crippen molar-refractivity contribution in [3.8, 4) is 5.75 Å². The van der Waals surface area contributed by atoms with Crippen molar-refractivity contribution in [1.29, 1.82) is 0 Å². The molecule has 0 saturated heterocycles. The van der Waals surface area contributed by atoms with Crippen LogP contribution in [0.25, 0.3) is 0 Å². The molecule has 0 spiro atoms. The molecule has 70 valence electrons. The van der Waals surface area contributed by atoms with Gasteiger partial charge in [-0.2, -0.15) is 0 Å². The van der Waals surface area contributed by atoms with Gasteiger partial charge in [0.1, 0.15) is 5.75 Å². The lowest BCUT2D eigenvalue weighted by Crippen LogP contribution is -1.85. The summed E-state index contributed by atoms with van der Waals surface area (Å²) in [4.78, 5) is 0. The molecule has 1 nitrogen and oxygen atoms in total. The first-order chi connectivity index (χ1) is 6.15. The third-order valence-electron chi connectivity index (χ3n) is 1.68. The Morgan fingerprint density at radius 1 is 1.54 bits per heavy atom. The Morgan fingerprint density at radius 2 is 2.23 bits per heavy atom. The number of phenols is 1. The Balaban J connectivity index is 3.05. The lowest BCUT2D eigenvalue weighted by atomic mass is 10.1. The Labute approximate surface area is 96.6 Å². The summed E-state index contributed by atoms with van der Waals surface area (Å²) in [6, 6.07) is 3.54. The van der Waals surface area contributed by atoms with E-state index in [9.17, 15) is 5.11 Å². The predicted octanol–water partition coefficient (Wildman–Crippen LogP) is 3.77. The normalized spacial score (nSPS) is 11.0. The second kappa shape index (κ2) is 4.86. The van der Waals surface area contributed by atoms with Crippen molar-refractivity contribution in [3.05, 3.63) is 38.4 Å². The van der Waals surface area contributed by atoms with Gasteiger partial charge < -0.3 is 5.11 Å². The summed E-state index contributed by atoms with van der Waals surface area (Å²) in [5.41, 5.74) is 0.870. The van der Waals surface area contributed by atoms with Crippen molar-refractivity contribution >= 4 is 34.2 Å². The van der Waals surface area contributed by atoms with E-state index in [4.69, 9.17) is 11.6 Å². The summed E-state index contributed by atoms with van der Waals surface area (Å²) >= 11 is 7.93. The van der Waals surface area contributed by atoms with Crippen LogP contribution in [0.4, 0.5) is 0 Å². The molecule has 0 aliphatic carbocycles. The SMILES string of the molecule is C/C=C/Cc1cc(Cl)cc(I)c1O. The van der Waals surface area contributed by atoms with Gasteiger partial charge in [0.25, 0.3) is 0 Å². The van der Waals surface area contributed by atoms with E-state index in [1.54, 1.807) is 12.1 Å².